The van der Waals surface area contributed by atoms with Crippen LogP contribution in [-0.4, -0.2) is 33.1 Å². The Balaban J connectivity index is 1.55. The number of hydrogen-bond donors (Lipinski definition) is 2. The smallest absolute Gasteiger partial charge is 0.242 e. The minimum Gasteiger partial charge on any atom is -0.354 e. The van der Waals surface area contributed by atoms with Crippen LogP contribution in [0, 0.1) is 5.82 Å². The van der Waals surface area contributed by atoms with Crippen molar-refractivity contribution in [2.75, 3.05) is 11.9 Å². The van der Waals surface area contributed by atoms with Crippen molar-refractivity contribution in [3.05, 3.63) is 36.3 Å². The van der Waals surface area contributed by atoms with E-state index in [0.29, 0.717) is 5.13 Å². The molecule has 0 radical (unpaired) electrons. The van der Waals surface area contributed by atoms with Gasteiger partial charge in [-0.25, -0.2) is 13.9 Å². The molecule has 1 aliphatic heterocycles. The summed E-state index contributed by atoms with van der Waals surface area (Å²) in [5.41, 5.74) is 1.58. The van der Waals surface area contributed by atoms with E-state index in [2.05, 4.69) is 20.7 Å². The molecule has 0 spiro atoms. The topological polar surface area (TPSA) is 71.3 Å². The molecule has 24 heavy (non-hydrogen) atoms. The van der Waals surface area contributed by atoms with E-state index in [-0.39, 0.29) is 17.8 Å². The minimum atomic E-state index is -0.272. The van der Waals surface area contributed by atoms with Gasteiger partial charge in [-0.2, -0.15) is 0 Å². The fourth-order valence-corrected chi connectivity index (χ4v) is 3.58. The number of hydrogen-bond acceptors (Lipinski definition) is 5. The lowest BCUT2D eigenvalue weighted by Crippen LogP contribution is -2.37. The first-order valence-corrected chi connectivity index (χ1v) is 8.67. The number of carbonyl (C=O) groups excluding carboxylic acids is 1. The lowest BCUT2D eigenvalue weighted by Gasteiger charge is -2.13. The van der Waals surface area contributed by atoms with Gasteiger partial charge in [0.15, 0.2) is 0 Å². The summed E-state index contributed by atoms with van der Waals surface area (Å²) >= 11 is 1.39. The van der Waals surface area contributed by atoms with Crippen LogP contribution in [0.5, 0.6) is 0 Å². The molecule has 3 heterocycles. The molecule has 0 unspecified atom stereocenters. The summed E-state index contributed by atoms with van der Waals surface area (Å²) < 4.78 is 14.7. The van der Waals surface area contributed by atoms with Gasteiger partial charge in [0.05, 0.1) is 11.9 Å². The van der Waals surface area contributed by atoms with E-state index in [1.807, 2.05) is 0 Å². The molecular formula is C16H16FN5OS. The lowest BCUT2D eigenvalue weighted by atomic mass is 10.1. The highest BCUT2D eigenvalue weighted by Crippen LogP contribution is 2.25. The quantitative estimate of drug-likeness (QED) is 0.766. The Bertz CT molecular complexity index is 841. The van der Waals surface area contributed by atoms with Gasteiger partial charge in [0.25, 0.3) is 0 Å². The number of rotatable bonds is 3. The fourth-order valence-electron chi connectivity index (χ4n) is 2.74. The van der Waals surface area contributed by atoms with Crippen LogP contribution in [0.25, 0.3) is 16.2 Å². The van der Waals surface area contributed by atoms with Crippen molar-refractivity contribution < 1.29 is 9.18 Å². The summed E-state index contributed by atoms with van der Waals surface area (Å²) in [6.07, 6.45) is 4.62. The van der Waals surface area contributed by atoms with E-state index >= 15 is 0 Å². The number of amides is 1. The molecule has 1 saturated heterocycles. The van der Waals surface area contributed by atoms with Crippen molar-refractivity contribution in [3.63, 3.8) is 0 Å². The maximum atomic E-state index is 13.0. The van der Waals surface area contributed by atoms with Gasteiger partial charge in [-0.05, 0) is 43.5 Å². The minimum absolute atomic E-state index is 0.0207. The number of fused-ring (bicyclic) bond motifs is 1. The second-order valence-corrected chi connectivity index (χ2v) is 6.71. The van der Waals surface area contributed by atoms with Gasteiger partial charge in [-0.1, -0.05) is 11.3 Å². The van der Waals surface area contributed by atoms with Gasteiger partial charge in [0.2, 0.25) is 16.0 Å². The number of anilines is 1. The molecule has 8 heteroatoms. The van der Waals surface area contributed by atoms with Crippen LogP contribution < -0.4 is 10.6 Å². The van der Waals surface area contributed by atoms with Crippen LogP contribution in [0.15, 0.2) is 30.5 Å². The monoisotopic (exact) mass is 345 g/mol. The molecule has 1 amide bonds. The number of nitrogens with zero attached hydrogens (tertiary/aromatic N) is 3. The predicted molar refractivity (Wildman–Crippen MR) is 90.5 cm³/mol. The van der Waals surface area contributed by atoms with Crippen LogP contribution in [-0.2, 0) is 4.79 Å². The second-order valence-electron chi connectivity index (χ2n) is 5.75. The lowest BCUT2D eigenvalue weighted by molar-refractivity contribution is -0.121. The maximum Gasteiger partial charge on any atom is 0.242 e. The molecule has 0 aliphatic carbocycles. The van der Waals surface area contributed by atoms with Crippen LogP contribution >= 0.6 is 11.3 Å². The molecule has 1 aromatic carbocycles. The molecule has 1 atom stereocenters. The Morgan fingerprint density at radius 3 is 2.92 bits per heavy atom. The molecule has 1 fully saturated rings. The zero-order valence-corrected chi connectivity index (χ0v) is 13.6. The fraction of sp³-hybridized carbons (Fsp3) is 0.312. The van der Waals surface area contributed by atoms with Crippen LogP contribution in [0.2, 0.25) is 0 Å². The molecule has 124 valence electrons. The zero-order valence-electron chi connectivity index (χ0n) is 12.8. The Morgan fingerprint density at radius 2 is 2.12 bits per heavy atom. The van der Waals surface area contributed by atoms with Crippen molar-refractivity contribution in [2.24, 2.45) is 0 Å². The molecule has 4 rings (SSSR count). The third kappa shape index (κ3) is 2.96. The summed E-state index contributed by atoms with van der Waals surface area (Å²) in [5, 5.41) is 11.2. The van der Waals surface area contributed by atoms with Crippen LogP contribution in [0.1, 0.15) is 19.3 Å². The Labute approximate surface area is 141 Å². The van der Waals surface area contributed by atoms with Crippen molar-refractivity contribution in [2.45, 2.75) is 25.3 Å². The van der Waals surface area contributed by atoms with E-state index in [9.17, 15) is 9.18 Å². The third-order valence-corrected chi connectivity index (χ3v) is 4.87. The zero-order chi connectivity index (χ0) is 16.5. The first-order valence-electron chi connectivity index (χ1n) is 7.85. The Kier molecular flexibility index (Phi) is 3.89. The van der Waals surface area contributed by atoms with Gasteiger partial charge in [-0.15, -0.1) is 5.10 Å². The number of benzene rings is 1. The Hall–Kier alpha value is -2.48. The van der Waals surface area contributed by atoms with E-state index in [1.165, 1.54) is 23.5 Å². The van der Waals surface area contributed by atoms with Crippen LogP contribution in [0.4, 0.5) is 9.52 Å². The summed E-state index contributed by atoms with van der Waals surface area (Å²) in [6, 6.07) is 5.95. The Morgan fingerprint density at radius 1 is 1.29 bits per heavy atom. The third-order valence-electron chi connectivity index (χ3n) is 4.02. The average Bonchev–Trinajstić information content (AvgIpc) is 3.05. The van der Waals surface area contributed by atoms with E-state index in [1.54, 1.807) is 22.8 Å². The average molecular weight is 345 g/mol. The van der Waals surface area contributed by atoms with Crippen LogP contribution in [0.3, 0.4) is 0 Å². The highest BCUT2D eigenvalue weighted by atomic mass is 32.1. The van der Waals surface area contributed by atoms with Gasteiger partial charge < -0.3 is 10.6 Å². The molecular weight excluding hydrogens is 329 g/mol. The molecule has 0 saturated carbocycles. The normalized spacial score (nSPS) is 18.4. The molecule has 2 N–H and O–H groups in total. The first-order chi connectivity index (χ1) is 11.7. The summed E-state index contributed by atoms with van der Waals surface area (Å²) in [6.45, 7) is 0.735. The SMILES string of the molecule is O=C1NCCCC[C@H]1Nc1nn2cc(-c3ccc(F)cc3)nc2s1. The van der Waals surface area contributed by atoms with E-state index in [4.69, 9.17) is 0 Å². The van der Waals surface area contributed by atoms with E-state index < -0.39 is 0 Å². The van der Waals surface area contributed by atoms with Gasteiger partial charge in [0, 0.05) is 12.1 Å². The van der Waals surface area contributed by atoms with Crippen molar-refractivity contribution >= 4 is 27.3 Å². The van der Waals surface area contributed by atoms with Gasteiger partial charge in [0.1, 0.15) is 11.9 Å². The largest absolute Gasteiger partial charge is 0.354 e. The second kappa shape index (κ2) is 6.20. The first kappa shape index (κ1) is 15.1. The molecule has 6 nitrogen and oxygen atoms in total. The molecule has 1 aliphatic rings. The molecule has 0 bridgehead atoms. The van der Waals surface area contributed by atoms with Gasteiger partial charge in [-0.3, -0.25) is 4.79 Å². The van der Waals surface area contributed by atoms with Gasteiger partial charge >= 0.3 is 0 Å². The number of aromatic nitrogens is 3. The number of carbonyl (C=O) groups is 1. The number of imidazole rings is 1. The van der Waals surface area contributed by atoms with Crippen molar-refractivity contribution in [3.8, 4) is 11.3 Å². The van der Waals surface area contributed by atoms with Crippen molar-refractivity contribution in [1.29, 1.82) is 0 Å². The van der Waals surface area contributed by atoms with E-state index in [0.717, 1.165) is 42.0 Å². The molecule has 2 aromatic heterocycles. The summed E-state index contributed by atoms with van der Waals surface area (Å²) in [7, 11) is 0. The highest BCUT2D eigenvalue weighted by molar-refractivity contribution is 7.20. The predicted octanol–water partition coefficient (Wildman–Crippen LogP) is 2.68. The maximum absolute atomic E-state index is 13.0. The molecule has 3 aromatic rings. The summed E-state index contributed by atoms with van der Waals surface area (Å²) in [5.74, 6) is -0.251. The highest BCUT2D eigenvalue weighted by Gasteiger charge is 2.22. The number of nitrogens with one attached hydrogen (secondary N) is 2. The summed E-state index contributed by atoms with van der Waals surface area (Å²) in [4.78, 5) is 17.2. The standard InChI is InChI=1S/C16H16FN5OS/c17-11-6-4-10(5-7-11)13-9-22-16(20-13)24-15(21-22)19-12-3-1-2-8-18-14(12)23/h4-7,9,12H,1-3,8H2,(H,18,23)(H,19,21)/t12-/m1/s1. The number of halogens is 1. The van der Waals surface area contributed by atoms with Crippen molar-refractivity contribution in [1.82, 2.24) is 19.9 Å².